The second kappa shape index (κ2) is 8.06. The summed E-state index contributed by atoms with van der Waals surface area (Å²) in [5, 5.41) is 11.7. The number of aryl methyl sites for hydroxylation is 1. The largest absolute Gasteiger partial charge is 0.382 e. The summed E-state index contributed by atoms with van der Waals surface area (Å²) in [6.07, 6.45) is 2.64. The first kappa shape index (κ1) is 19.2. The highest BCUT2D eigenvalue weighted by atomic mass is 35.5. The molecular formula is C19H21ClN8O. The van der Waals surface area contributed by atoms with Crippen LogP contribution in [0.25, 0.3) is 33.8 Å². The Morgan fingerprint density at radius 1 is 1.24 bits per heavy atom. The molecule has 0 radical (unpaired) electrons. The highest BCUT2D eigenvalue weighted by Gasteiger charge is 2.23. The Kier molecular flexibility index (Phi) is 5.32. The number of anilines is 2. The fraction of sp³-hybridized carbons (Fsp3) is 0.263. The Hall–Kier alpha value is -3.17. The zero-order valence-corrected chi connectivity index (χ0v) is 16.6. The van der Waals surface area contributed by atoms with Crippen LogP contribution in [0.4, 0.5) is 11.5 Å². The van der Waals surface area contributed by atoms with E-state index in [4.69, 9.17) is 32.7 Å². The van der Waals surface area contributed by atoms with Crippen molar-refractivity contribution in [2.24, 2.45) is 5.73 Å². The molecule has 0 saturated carbocycles. The van der Waals surface area contributed by atoms with Crippen LogP contribution in [0.3, 0.4) is 0 Å². The summed E-state index contributed by atoms with van der Waals surface area (Å²) in [4.78, 5) is 9.50. The van der Waals surface area contributed by atoms with E-state index < -0.39 is 0 Å². The molecule has 0 fully saturated rings. The van der Waals surface area contributed by atoms with Gasteiger partial charge in [0.1, 0.15) is 5.52 Å². The van der Waals surface area contributed by atoms with Crippen molar-refractivity contribution in [3.63, 3.8) is 0 Å². The van der Waals surface area contributed by atoms with Crippen molar-refractivity contribution in [2.45, 2.75) is 19.9 Å². The van der Waals surface area contributed by atoms with E-state index in [1.54, 1.807) is 6.20 Å². The Balaban J connectivity index is 1.98. The summed E-state index contributed by atoms with van der Waals surface area (Å²) < 4.78 is 6.81. The van der Waals surface area contributed by atoms with Gasteiger partial charge in [-0.15, -0.1) is 0 Å². The minimum absolute atomic E-state index is 0.185. The maximum atomic E-state index is 6.20. The van der Waals surface area contributed by atoms with Crippen LogP contribution in [0.15, 0.2) is 35.1 Å². The number of hydrogen-bond donors (Lipinski definition) is 3. The molecule has 4 aromatic rings. The Labute approximate surface area is 172 Å². The standard InChI is InChI=1S/C19H21ClN8O/c1-2-28-17-13(23-8-4-7-21)10-24-14(11-5-3-6-12(20)9-11)15(17)25-19(28)16-18(22)27-29-26-16/h3,5-6,9-10,23H,2,4,7-8,21H2,1H3,(H2,22,27). The van der Waals surface area contributed by atoms with Gasteiger partial charge in [0.15, 0.2) is 17.3 Å². The Bertz CT molecular complexity index is 1150. The third kappa shape index (κ3) is 3.50. The number of nitrogens with two attached hydrogens (primary N) is 2. The molecular weight excluding hydrogens is 392 g/mol. The summed E-state index contributed by atoms with van der Waals surface area (Å²) in [5.41, 5.74) is 16.0. The number of hydrogen-bond acceptors (Lipinski definition) is 8. The van der Waals surface area contributed by atoms with E-state index in [1.165, 1.54) is 0 Å². The van der Waals surface area contributed by atoms with Gasteiger partial charge in [-0.3, -0.25) is 4.98 Å². The molecule has 0 spiro atoms. The number of rotatable bonds is 7. The topological polar surface area (TPSA) is 134 Å². The van der Waals surface area contributed by atoms with E-state index in [-0.39, 0.29) is 5.82 Å². The highest BCUT2D eigenvalue weighted by molar-refractivity contribution is 6.30. The van der Waals surface area contributed by atoms with Crippen molar-refractivity contribution in [3.05, 3.63) is 35.5 Å². The normalized spacial score (nSPS) is 11.3. The van der Waals surface area contributed by atoms with Crippen LogP contribution in [-0.4, -0.2) is 37.9 Å². The molecule has 4 rings (SSSR count). The zero-order chi connectivity index (χ0) is 20.4. The molecule has 3 aromatic heterocycles. The molecule has 0 amide bonds. The van der Waals surface area contributed by atoms with Crippen molar-refractivity contribution in [1.82, 2.24) is 24.8 Å². The first-order valence-corrected chi connectivity index (χ1v) is 9.69. The van der Waals surface area contributed by atoms with E-state index in [9.17, 15) is 0 Å². The Morgan fingerprint density at radius 2 is 2.10 bits per heavy atom. The monoisotopic (exact) mass is 412 g/mol. The summed E-state index contributed by atoms with van der Waals surface area (Å²) in [5.74, 6) is 0.754. The third-order valence-corrected chi connectivity index (χ3v) is 4.84. The van der Waals surface area contributed by atoms with Gasteiger partial charge >= 0.3 is 0 Å². The number of nitrogens with zero attached hydrogens (tertiary/aromatic N) is 5. The van der Waals surface area contributed by atoms with Crippen LogP contribution in [0.5, 0.6) is 0 Å². The van der Waals surface area contributed by atoms with E-state index in [2.05, 4.69) is 20.6 Å². The molecule has 0 saturated heterocycles. The molecule has 0 aliphatic rings. The fourth-order valence-electron chi connectivity index (χ4n) is 3.28. The molecule has 9 nitrogen and oxygen atoms in total. The first-order valence-electron chi connectivity index (χ1n) is 9.31. The SMILES string of the molecule is CCn1c(-c2nonc2N)nc2c(-c3cccc(Cl)c3)ncc(NCCCN)c21. The lowest BCUT2D eigenvalue weighted by atomic mass is 10.1. The summed E-state index contributed by atoms with van der Waals surface area (Å²) >= 11 is 6.20. The number of halogens is 1. The van der Waals surface area contributed by atoms with Gasteiger partial charge in [-0.2, -0.15) is 0 Å². The number of benzene rings is 1. The van der Waals surface area contributed by atoms with Gasteiger partial charge in [0.2, 0.25) is 0 Å². The number of pyridine rings is 1. The number of nitrogen functional groups attached to an aromatic ring is 1. The van der Waals surface area contributed by atoms with Crippen molar-refractivity contribution in [1.29, 1.82) is 0 Å². The lowest BCUT2D eigenvalue weighted by Gasteiger charge is -2.12. The molecule has 150 valence electrons. The highest BCUT2D eigenvalue weighted by Crippen LogP contribution is 2.36. The molecule has 10 heteroatoms. The molecule has 0 aliphatic heterocycles. The molecule has 0 atom stereocenters. The lowest BCUT2D eigenvalue weighted by molar-refractivity contribution is 0.310. The molecule has 0 aliphatic carbocycles. The van der Waals surface area contributed by atoms with Crippen molar-refractivity contribution in [2.75, 3.05) is 24.1 Å². The predicted molar refractivity (Wildman–Crippen MR) is 114 cm³/mol. The smallest absolute Gasteiger partial charge is 0.199 e. The van der Waals surface area contributed by atoms with Gasteiger partial charge in [-0.25, -0.2) is 9.61 Å². The van der Waals surface area contributed by atoms with E-state index in [1.807, 2.05) is 35.8 Å². The molecule has 0 bridgehead atoms. The van der Waals surface area contributed by atoms with Crippen LogP contribution in [-0.2, 0) is 6.54 Å². The maximum absolute atomic E-state index is 6.20. The van der Waals surface area contributed by atoms with Gasteiger partial charge in [-0.1, -0.05) is 23.7 Å². The second-order valence-corrected chi connectivity index (χ2v) is 6.91. The van der Waals surface area contributed by atoms with Gasteiger partial charge in [0.05, 0.1) is 23.1 Å². The van der Waals surface area contributed by atoms with E-state index in [0.29, 0.717) is 35.1 Å². The van der Waals surface area contributed by atoms with Crippen LogP contribution in [0, 0.1) is 0 Å². The predicted octanol–water partition coefficient (Wildman–Crippen LogP) is 3.16. The van der Waals surface area contributed by atoms with Crippen LogP contribution in [0.2, 0.25) is 5.02 Å². The minimum atomic E-state index is 0.185. The van der Waals surface area contributed by atoms with Gasteiger partial charge in [0, 0.05) is 23.7 Å². The van der Waals surface area contributed by atoms with Gasteiger partial charge in [-0.05, 0) is 42.3 Å². The lowest BCUT2D eigenvalue weighted by Crippen LogP contribution is -2.10. The zero-order valence-electron chi connectivity index (χ0n) is 15.9. The van der Waals surface area contributed by atoms with Crippen molar-refractivity contribution in [3.8, 4) is 22.8 Å². The summed E-state index contributed by atoms with van der Waals surface area (Å²) in [6, 6.07) is 7.52. The molecule has 5 N–H and O–H groups in total. The second-order valence-electron chi connectivity index (χ2n) is 6.47. The number of aromatic nitrogens is 5. The third-order valence-electron chi connectivity index (χ3n) is 4.61. The van der Waals surface area contributed by atoms with E-state index >= 15 is 0 Å². The molecule has 3 heterocycles. The maximum Gasteiger partial charge on any atom is 0.199 e. The average molecular weight is 413 g/mol. The fourth-order valence-corrected chi connectivity index (χ4v) is 3.47. The first-order chi connectivity index (χ1) is 14.1. The molecule has 0 unspecified atom stereocenters. The van der Waals surface area contributed by atoms with Crippen LogP contribution in [0.1, 0.15) is 13.3 Å². The van der Waals surface area contributed by atoms with Gasteiger partial charge < -0.3 is 21.4 Å². The van der Waals surface area contributed by atoms with Crippen LogP contribution >= 0.6 is 11.6 Å². The quantitative estimate of drug-likeness (QED) is 0.394. The van der Waals surface area contributed by atoms with Gasteiger partial charge in [0.25, 0.3) is 0 Å². The van der Waals surface area contributed by atoms with Crippen molar-refractivity contribution >= 4 is 34.1 Å². The Morgan fingerprint density at radius 3 is 2.79 bits per heavy atom. The molecule has 29 heavy (non-hydrogen) atoms. The van der Waals surface area contributed by atoms with Crippen LogP contribution < -0.4 is 16.8 Å². The number of fused-ring (bicyclic) bond motifs is 1. The summed E-state index contributed by atoms with van der Waals surface area (Å²) in [6.45, 7) is 3.99. The van der Waals surface area contributed by atoms with Crippen molar-refractivity contribution < 1.29 is 4.63 Å². The minimum Gasteiger partial charge on any atom is -0.382 e. The molecule has 1 aromatic carbocycles. The average Bonchev–Trinajstić information content (AvgIpc) is 3.31. The number of imidazole rings is 1. The number of nitrogens with one attached hydrogen (secondary N) is 1. The summed E-state index contributed by atoms with van der Waals surface area (Å²) in [7, 11) is 0. The van der Waals surface area contributed by atoms with E-state index in [0.717, 1.165) is 35.4 Å².